The molecular weight excluding hydrogens is 1240 g/mol. The third-order valence-electron chi connectivity index (χ3n) is 15.7. The van der Waals surface area contributed by atoms with Crippen LogP contribution in [0, 0.1) is 35.5 Å². The highest BCUT2D eigenvalue weighted by Gasteiger charge is 2.41. The number of amides is 13. The highest BCUT2D eigenvalue weighted by Crippen LogP contribution is 2.22. The van der Waals surface area contributed by atoms with Gasteiger partial charge in [0.25, 0.3) is 0 Å². The Hall–Kier alpha value is -8.48. The van der Waals surface area contributed by atoms with E-state index in [0.29, 0.717) is 12.8 Å². The predicted molar refractivity (Wildman–Crippen MR) is 360 cm³/mol. The molecule has 31 nitrogen and oxygen atoms in total. The van der Waals surface area contributed by atoms with Crippen LogP contribution in [0.4, 0.5) is 0 Å². The van der Waals surface area contributed by atoms with E-state index in [-0.39, 0.29) is 106 Å². The molecule has 0 aliphatic carbocycles. The number of primary amides is 1. The van der Waals surface area contributed by atoms with Crippen molar-refractivity contribution in [2.24, 2.45) is 63.4 Å². The molecule has 11 atom stereocenters. The van der Waals surface area contributed by atoms with E-state index in [0.717, 1.165) is 5.56 Å². The molecule has 0 spiro atoms. The number of aliphatic hydroxyl groups is 1. The summed E-state index contributed by atoms with van der Waals surface area (Å²) in [5.74, 6) is -10.8. The van der Waals surface area contributed by atoms with Gasteiger partial charge in [-0.1, -0.05) is 120 Å². The summed E-state index contributed by atoms with van der Waals surface area (Å²) in [6.07, 6.45) is 2.36. The number of aliphatic imine (C=N–C) groups is 1. The van der Waals surface area contributed by atoms with Crippen LogP contribution in [0.3, 0.4) is 0 Å². The maximum absolute atomic E-state index is 14.2. The third-order valence-corrected chi connectivity index (χ3v) is 15.7. The number of likely N-dealkylation sites (tertiary alicyclic amines) is 1. The summed E-state index contributed by atoms with van der Waals surface area (Å²) in [7, 11) is 0. The molecule has 540 valence electrons. The van der Waals surface area contributed by atoms with Gasteiger partial charge in [-0.3, -0.25) is 67.3 Å². The Morgan fingerprint density at radius 1 is 0.521 bits per heavy atom. The number of nitrogens with zero attached hydrogens (tertiary/aromatic N) is 2. The summed E-state index contributed by atoms with van der Waals surface area (Å²) >= 11 is 0. The first-order chi connectivity index (χ1) is 45.1. The van der Waals surface area contributed by atoms with Crippen LogP contribution < -0.4 is 81.4 Å². The lowest BCUT2D eigenvalue weighted by molar-refractivity contribution is -0.142. The molecule has 1 aromatic carbocycles. The van der Waals surface area contributed by atoms with Crippen LogP contribution in [0.15, 0.2) is 35.3 Å². The minimum absolute atomic E-state index is 0.0138. The van der Waals surface area contributed by atoms with E-state index in [2.05, 4.69) is 63.5 Å². The first kappa shape index (κ1) is 83.6. The van der Waals surface area contributed by atoms with Crippen LogP contribution >= 0.6 is 0 Å². The standard InChI is InChI=1S/C65H111N17O14/c1-13-40(12)54(81-61(93)47(28-38(8)9)78-62(94)50-22-18-24-82(50)64(96)48(29-39(10)11)79-56(88)42(66)30-41-19-15-14-16-20-41)63(95)73-33-51(84)74-43(21-17-23-70-65(68)69)57(89)71-31-52(85)76-46(27-37(6)7)60(92)80-49(34-83)58(90)72-32-53(86)75-45(26-36(4)5)59(91)77-44(55(67)87)25-35(2)3/h14-16,19-20,35-40,42-50,54,83H,13,17-18,21-34,66H2,1-12H3,(H2,67,87)(H,71,89)(H,72,90)(H,73,95)(H,74,84)(H,75,86)(H,76,85)(H,77,91)(H,78,94)(H,79,88)(H,80,92)(H,81,93)(H4,68,69,70)/t40-,42-,43-,44-,45?,46-,47-,48-,49-,50?,54-/m0/s1. The number of benzene rings is 1. The molecule has 2 unspecified atom stereocenters. The van der Waals surface area contributed by atoms with E-state index in [9.17, 15) is 67.4 Å². The minimum Gasteiger partial charge on any atom is -0.394 e. The minimum atomic E-state index is -1.61. The molecule has 2 rings (SSSR count). The third kappa shape index (κ3) is 31.4. The Kier molecular flexibility index (Phi) is 37.3. The van der Waals surface area contributed by atoms with Gasteiger partial charge in [-0.25, -0.2) is 0 Å². The van der Waals surface area contributed by atoms with Crippen LogP contribution in [0.5, 0.6) is 0 Å². The average Bonchev–Trinajstić information content (AvgIpc) is 1.62. The Morgan fingerprint density at radius 2 is 0.948 bits per heavy atom. The molecule has 1 fully saturated rings. The molecule has 1 aliphatic heterocycles. The zero-order valence-electron chi connectivity index (χ0n) is 58.1. The predicted octanol–water partition coefficient (Wildman–Crippen LogP) is -2.42. The molecular formula is C65H111N17O14. The van der Waals surface area contributed by atoms with Gasteiger partial charge in [-0.15, -0.1) is 0 Å². The largest absolute Gasteiger partial charge is 0.394 e. The summed E-state index contributed by atoms with van der Waals surface area (Å²) < 4.78 is 0. The lowest BCUT2D eigenvalue weighted by Crippen LogP contribution is -2.59. The van der Waals surface area contributed by atoms with Crippen LogP contribution in [0.1, 0.15) is 153 Å². The van der Waals surface area contributed by atoms with Crippen molar-refractivity contribution in [3.8, 4) is 0 Å². The maximum Gasteiger partial charge on any atom is 0.245 e. The molecule has 0 radical (unpaired) electrons. The lowest BCUT2D eigenvalue weighted by atomic mass is 9.96. The number of guanidine groups is 1. The number of hydrogen-bond acceptors (Lipinski definition) is 16. The monoisotopic (exact) mass is 1350 g/mol. The van der Waals surface area contributed by atoms with Crippen molar-refractivity contribution in [3.05, 3.63) is 35.9 Å². The van der Waals surface area contributed by atoms with Gasteiger partial charge in [0.2, 0.25) is 76.8 Å². The summed E-state index contributed by atoms with van der Waals surface area (Å²) in [6, 6.07) is -2.41. The lowest BCUT2D eigenvalue weighted by Gasteiger charge is -2.31. The quantitative estimate of drug-likeness (QED) is 0.0184. The molecule has 1 heterocycles. The number of aliphatic hydroxyl groups excluding tert-OH is 1. The number of hydrogen-bond donors (Lipinski definition) is 16. The van der Waals surface area contributed by atoms with E-state index in [1.165, 1.54) is 4.90 Å². The van der Waals surface area contributed by atoms with Crippen LogP contribution in [-0.4, -0.2) is 193 Å². The molecule has 31 heteroatoms. The van der Waals surface area contributed by atoms with Gasteiger partial charge in [-0.2, -0.15) is 0 Å². The Bertz CT molecular complexity index is 2780. The highest BCUT2D eigenvalue weighted by molar-refractivity contribution is 5.99. The van der Waals surface area contributed by atoms with Gasteiger partial charge in [0, 0.05) is 13.1 Å². The van der Waals surface area contributed by atoms with Crippen molar-refractivity contribution in [2.75, 3.05) is 39.3 Å². The molecule has 1 aliphatic rings. The van der Waals surface area contributed by atoms with E-state index in [4.69, 9.17) is 22.9 Å². The second kappa shape index (κ2) is 42.9. The van der Waals surface area contributed by atoms with Crippen LogP contribution in [-0.2, 0) is 68.7 Å². The van der Waals surface area contributed by atoms with Crippen molar-refractivity contribution < 1.29 is 67.4 Å². The van der Waals surface area contributed by atoms with Crippen LogP contribution in [0.2, 0.25) is 0 Å². The van der Waals surface area contributed by atoms with Gasteiger partial charge in [0.15, 0.2) is 5.96 Å². The Morgan fingerprint density at radius 3 is 1.42 bits per heavy atom. The molecule has 0 aromatic heterocycles. The summed E-state index contributed by atoms with van der Waals surface area (Å²) in [5.41, 5.74) is 23.6. The fourth-order valence-corrected chi connectivity index (χ4v) is 10.6. The van der Waals surface area contributed by atoms with Crippen molar-refractivity contribution >= 4 is 82.8 Å². The van der Waals surface area contributed by atoms with Crippen molar-refractivity contribution in [2.45, 2.75) is 214 Å². The first-order valence-electron chi connectivity index (χ1n) is 33.4. The van der Waals surface area contributed by atoms with Gasteiger partial charge >= 0.3 is 0 Å². The first-order valence-corrected chi connectivity index (χ1v) is 33.4. The molecule has 0 saturated carbocycles. The van der Waals surface area contributed by atoms with Crippen molar-refractivity contribution in [1.82, 2.24) is 63.4 Å². The molecule has 20 N–H and O–H groups in total. The van der Waals surface area contributed by atoms with Crippen molar-refractivity contribution in [1.29, 1.82) is 0 Å². The van der Waals surface area contributed by atoms with E-state index < -0.39 is 169 Å². The zero-order valence-corrected chi connectivity index (χ0v) is 58.1. The molecule has 1 aromatic rings. The number of rotatable bonds is 43. The topological polar surface area (TPSA) is 494 Å². The second-order valence-electron chi connectivity index (χ2n) is 26.8. The number of nitrogens with two attached hydrogens (primary N) is 4. The van der Waals surface area contributed by atoms with Gasteiger partial charge in [-0.05, 0) is 105 Å². The fourth-order valence-electron chi connectivity index (χ4n) is 10.6. The Balaban J connectivity index is 2.17. The average molecular weight is 1350 g/mol. The normalized spacial score (nSPS) is 16.0. The maximum atomic E-state index is 14.2. The summed E-state index contributed by atoms with van der Waals surface area (Å²) in [4.78, 5) is 181. The smallest absolute Gasteiger partial charge is 0.245 e. The molecule has 13 amide bonds. The summed E-state index contributed by atoms with van der Waals surface area (Å²) in [6.45, 7) is 19.1. The SMILES string of the molecule is CC[C@H](C)[C@H](NC(=O)[C@H](CC(C)C)NC(=O)C1CCCN1C(=O)[C@H](CC(C)C)NC(=O)[C@@H](N)Cc1ccccc1)C(=O)NCC(=O)N[C@@H](CCCN=C(N)N)C(=O)NCC(=O)N[C@@H](CC(C)C)C(=O)N[C@@H](CO)C(=O)NCC(=O)NC(CC(C)C)C(=O)N[C@@H](CC(C)C)C(N)=O. The fraction of sp³-hybridized carbons (Fsp3) is 0.692. The van der Waals surface area contributed by atoms with Crippen LogP contribution in [0.25, 0.3) is 0 Å². The second-order valence-corrected chi connectivity index (χ2v) is 26.8. The van der Waals surface area contributed by atoms with Crippen molar-refractivity contribution in [3.63, 3.8) is 0 Å². The summed E-state index contributed by atoms with van der Waals surface area (Å²) in [5, 5.41) is 38.4. The zero-order chi connectivity index (χ0) is 72.5. The molecule has 1 saturated heterocycles. The molecule has 96 heavy (non-hydrogen) atoms. The highest BCUT2D eigenvalue weighted by atomic mass is 16.3. The van der Waals surface area contributed by atoms with Gasteiger partial charge in [0.05, 0.1) is 32.3 Å². The van der Waals surface area contributed by atoms with E-state index in [1.54, 1.807) is 27.7 Å². The Labute approximate surface area is 564 Å². The van der Waals surface area contributed by atoms with E-state index in [1.807, 2.05) is 85.7 Å². The number of nitrogens with one attached hydrogen (secondary N) is 11. The van der Waals surface area contributed by atoms with Gasteiger partial charge in [0.1, 0.15) is 54.4 Å². The molecule has 0 bridgehead atoms. The van der Waals surface area contributed by atoms with Gasteiger partial charge < -0.3 is 91.4 Å². The van der Waals surface area contributed by atoms with E-state index >= 15 is 0 Å². The number of carbonyl (C=O) groups is 13. The number of carbonyl (C=O) groups excluding carboxylic acids is 13.